The van der Waals surface area contributed by atoms with Gasteiger partial charge in [-0.15, -0.1) is 0 Å². The quantitative estimate of drug-likeness (QED) is 0.595. The number of hydrogen-bond acceptors (Lipinski definition) is 4. The normalized spacial score (nSPS) is 14.3. The molecule has 2 aromatic rings. The molecule has 0 aromatic heterocycles. The molecule has 3 N–H and O–H groups in total. The standard InChI is InChI=1S/C22H22F2N2O5/c1-12(21(28)29)25-19(27)10-18(20(23)24)26-22(30)31-11-17-15-8-4-2-6-13(15)14-7-3-5-9-16(14)17/h2-9,12,17-18,20H,10-11H2,1H3,(H,25,27)(H,26,30)(H,28,29)/t12-,18?/m0/s1. The summed E-state index contributed by atoms with van der Waals surface area (Å²) in [5.74, 6) is -2.45. The van der Waals surface area contributed by atoms with Gasteiger partial charge in [0.05, 0.1) is 6.42 Å². The van der Waals surface area contributed by atoms with Crippen molar-refractivity contribution in [3.63, 3.8) is 0 Å². The highest BCUT2D eigenvalue weighted by atomic mass is 19.3. The number of rotatable bonds is 8. The lowest BCUT2D eigenvalue weighted by Crippen LogP contribution is -2.46. The first-order valence-electron chi connectivity index (χ1n) is 9.69. The second kappa shape index (κ2) is 9.55. The van der Waals surface area contributed by atoms with Gasteiger partial charge in [-0.05, 0) is 29.2 Å². The summed E-state index contributed by atoms with van der Waals surface area (Å²) in [4.78, 5) is 34.7. The van der Waals surface area contributed by atoms with Gasteiger partial charge in [0.1, 0.15) is 18.7 Å². The molecule has 0 aliphatic heterocycles. The first-order valence-corrected chi connectivity index (χ1v) is 9.69. The van der Waals surface area contributed by atoms with Crippen LogP contribution in [0.3, 0.4) is 0 Å². The largest absolute Gasteiger partial charge is 0.480 e. The van der Waals surface area contributed by atoms with Crippen LogP contribution >= 0.6 is 0 Å². The van der Waals surface area contributed by atoms with Gasteiger partial charge in [-0.3, -0.25) is 9.59 Å². The molecule has 3 rings (SSSR count). The van der Waals surface area contributed by atoms with E-state index in [1.807, 2.05) is 53.8 Å². The predicted octanol–water partition coefficient (Wildman–Crippen LogP) is 3.14. The van der Waals surface area contributed by atoms with E-state index in [1.165, 1.54) is 6.92 Å². The highest BCUT2D eigenvalue weighted by molar-refractivity contribution is 5.84. The van der Waals surface area contributed by atoms with Crippen molar-refractivity contribution in [3.05, 3.63) is 59.7 Å². The molecule has 0 bridgehead atoms. The molecule has 7 nitrogen and oxygen atoms in total. The fourth-order valence-electron chi connectivity index (χ4n) is 3.56. The molecule has 0 heterocycles. The predicted molar refractivity (Wildman–Crippen MR) is 108 cm³/mol. The van der Waals surface area contributed by atoms with E-state index in [2.05, 4.69) is 5.32 Å². The monoisotopic (exact) mass is 432 g/mol. The van der Waals surface area contributed by atoms with Crippen molar-refractivity contribution in [2.24, 2.45) is 0 Å². The van der Waals surface area contributed by atoms with Crippen LogP contribution in [0.1, 0.15) is 30.4 Å². The summed E-state index contributed by atoms with van der Waals surface area (Å²) >= 11 is 0. The molecule has 0 radical (unpaired) electrons. The zero-order valence-electron chi connectivity index (χ0n) is 16.7. The summed E-state index contributed by atoms with van der Waals surface area (Å²) in [6.45, 7) is 1.15. The zero-order valence-corrected chi connectivity index (χ0v) is 16.7. The van der Waals surface area contributed by atoms with Crippen LogP contribution < -0.4 is 10.6 Å². The average Bonchev–Trinajstić information content (AvgIpc) is 3.05. The number of ether oxygens (including phenoxy) is 1. The average molecular weight is 432 g/mol. The minimum absolute atomic E-state index is 0.0575. The van der Waals surface area contributed by atoms with Gasteiger partial charge in [0.25, 0.3) is 6.43 Å². The number of amides is 2. The number of carboxylic acid groups (broad SMARTS) is 1. The van der Waals surface area contributed by atoms with E-state index in [4.69, 9.17) is 9.84 Å². The van der Waals surface area contributed by atoms with E-state index in [9.17, 15) is 23.2 Å². The van der Waals surface area contributed by atoms with E-state index in [-0.39, 0.29) is 12.5 Å². The fourth-order valence-corrected chi connectivity index (χ4v) is 3.56. The Morgan fingerprint density at radius 3 is 2.06 bits per heavy atom. The Hall–Kier alpha value is -3.49. The molecule has 0 fully saturated rings. The number of alkyl carbamates (subject to hydrolysis) is 1. The molecular weight excluding hydrogens is 410 g/mol. The van der Waals surface area contributed by atoms with Crippen molar-refractivity contribution in [3.8, 4) is 11.1 Å². The number of hydrogen-bond donors (Lipinski definition) is 3. The van der Waals surface area contributed by atoms with E-state index < -0.39 is 42.9 Å². The van der Waals surface area contributed by atoms with Crippen LogP contribution in [-0.2, 0) is 14.3 Å². The summed E-state index contributed by atoms with van der Waals surface area (Å²) in [6, 6.07) is 12.3. The lowest BCUT2D eigenvalue weighted by Gasteiger charge is -2.19. The van der Waals surface area contributed by atoms with Gasteiger partial charge in [-0.2, -0.15) is 0 Å². The number of carboxylic acids is 1. The Labute approximate surface area is 177 Å². The summed E-state index contributed by atoms with van der Waals surface area (Å²) in [5.41, 5.74) is 4.01. The van der Waals surface area contributed by atoms with Crippen LogP contribution in [0.4, 0.5) is 13.6 Å². The highest BCUT2D eigenvalue weighted by Gasteiger charge is 2.31. The van der Waals surface area contributed by atoms with E-state index in [0.717, 1.165) is 22.3 Å². The first kappa shape index (κ1) is 22.2. The lowest BCUT2D eigenvalue weighted by atomic mass is 9.98. The molecule has 2 atom stereocenters. The lowest BCUT2D eigenvalue weighted by molar-refractivity contribution is -0.141. The van der Waals surface area contributed by atoms with Crippen molar-refractivity contribution in [1.82, 2.24) is 10.6 Å². The second-order valence-corrected chi connectivity index (χ2v) is 7.24. The molecule has 9 heteroatoms. The summed E-state index contributed by atoms with van der Waals surface area (Å²) in [6.07, 6.45) is -4.89. The van der Waals surface area contributed by atoms with E-state index in [0.29, 0.717) is 0 Å². The molecule has 0 saturated heterocycles. The van der Waals surface area contributed by atoms with Crippen molar-refractivity contribution in [2.45, 2.75) is 37.8 Å². The van der Waals surface area contributed by atoms with Gasteiger partial charge in [0, 0.05) is 5.92 Å². The maximum Gasteiger partial charge on any atom is 0.407 e. The van der Waals surface area contributed by atoms with Gasteiger partial charge < -0.3 is 20.5 Å². The van der Waals surface area contributed by atoms with Crippen LogP contribution in [0.25, 0.3) is 11.1 Å². The molecule has 1 unspecified atom stereocenters. The van der Waals surface area contributed by atoms with Gasteiger partial charge in [0.2, 0.25) is 5.91 Å². The highest BCUT2D eigenvalue weighted by Crippen LogP contribution is 2.44. The SMILES string of the molecule is C[C@H](NC(=O)CC(NC(=O)OCC1c2ccccc2-c2ccccc21)C(F)F)C(=O)O. The van der Waals surface area contributed by atoms with Gasteiger partial charge in [-0.1, -0.05) is 48.5 Å². The van der Waals surface area contributed by atoms with Crippen LogP contribution in [0.2, 0.25) is 0 Å². The maximum absolute atomic E-state index is 13.3. The van der Waals surface area contributed by atoms with Gasteiger partial charge in [-0.25, -0.2) is 13.6 Å². The van der Waals surface area contributed by atoms with Crippen molar-refractivity contribution >= 4 is 18.0 Å². The van der Waals surface area contributed by atoms with Crippen LogP contribution in [-0.4, -0.2) is 48.2 Å². The van der Waals surface area contributed by atoms with Crippen LogP contribution in [0.15, 0.2) is 48.5 Å². The number of carbonyl (C=O) groups is 3. The molecule has 0 spiro atoms. The van der Waals surface area contributed by atoms with Gasteiger partial charge in [0.15, 0.2) is 0 Å². The number of benzene rings is 2. The van der Waals surface area contributed by atoms with E-state index >= 15 is 0 Å². The van der Waals surface area contributed by atoms with Crippen LogP contribution in [0, 0.1) is 0 Å². The van der Waals surface area contributed by atoms with Crippen molar-refractivity contribution < 1.29 is 33.0 Å². The zero-order chi connectivity index (χ0) is 22.5. The molecular formula is C22H22F2N2O5. The number of nitrogens with one attached hydrogen (secondary N) is 2. The number of aliphatic carboxylic acids is 1. The molecule has 2 amide bonds. The Morgan fingerprint density at radius 1 is 1.00 bits per heavy atom. The van der Waals surface area contributed by atoms with Crippen LogP contribution in [0.5, 0.6) is 0 Å². The maximum atomic E-state index is 13.3. The third kappa shape index (κ3) is 5.17. The molecule has 1 aliphatic carbocycles. The van der Waals surface area contributed by atoms with Gasteiger partial charge >= 0.3 is 12.1 Å². The minimum Gasteiger partial charge on any atom is -0.480 e. The Morgan fingerprint density at radius 2 is 1.55 bits per heavy atom. The third-order valence-corrected chi connectivity index (χ3v) is 5.10. The molecule has 2 aromatic carbocycles. The Balaban J connectivity index is 1.61. The number of alkyl halides is 2. The molecule has 31 heavy (non-hydrogen) atoms. The molecule has 164 valence electrons. The third-order valence-electron chi connectivity index (χ3n) is 5.10. The minimum atomic E-state index is -3.04. The summed E-state index contributed by atoms with van der Waals surface area (Å²) in [5, 5.41) is 12.9. The number of halogens is 2. The number of carbonyl (C=O) groups excluding carboxylic acids is 2. The summed E-state index contributed by atoms with van der Waals surface area (Å²) < 4.78 is 31.8. The second-order valence-electron chi connectivity index (χ2n) is 7.24. The summed E-state index contributed by atoms with van der Waals surface area (Å²) in [7, 11) is 0. The molecule has 0 saturated carbocycles. The van der Waals surface area contributed by atoms with E-state index in [1.54, 1.807) is 0 Å². The fraction of sp³-hybridized carbons (Fsp3) is 0.318. The number of fused-ring (bicyclic) bond motifs is 3. The van der Waals surface area contributed by atoms with Crippen molar-refractivity contribution in [2.75, 3.05) is 6.61 Å². The molecule has 1 aliphatic rings. The Kier molecular flexibility index (Phi) is 6.84. The van der Waals surface area contributed by atoms with Crippen molar-refractivity contribution in [1.29, 1.82) is 0 Å². The smallest absolute Gasteiger partial charge is 0.407 e. The Bertz CT molecular complexity index is 936. The topological polar surface area (TPSA) is 105 Å². The first-order chi connectivity index (χ1) is 14.8.